The SMILES string of the molecule is CCOC(=O)c1ccc(N=C=S)c(I)c1. The highest BCUT2D eigenvalue weighted by molar-refractivity contribution is 14.1. The summed E-state index contributed by atoms with van der Waals surface area (Å²) in [4.78, 5) is 15.2. The maximum atomic E-state index is 11.4. The summed E-state index contributed by atoms with van der Waals surface area (Å²) >= 11 is 6.59. The molecule has 0 amide bonds. The zero-order chi connectivity index (χ0) is 11.3. The number of carbonyl (C=O) groups excluding carboxylic acids is 1. The van der Waals surface area contributed by atoms with E-state index in [-0.39, 0.29) is 5.97 Å². The summed E-state index contributed by atoms with van der Waals surface area (Å²) in [6.45, 7) is 2.14. The minimum absolute atomic E-state index is 0.326. The Morgan fingerprint density at radius 1 is 1.67 bits per heavy atom. The molecule has 0 aliphatic rings. The highest BCUT2D eigenvalue weighted by Gasteiger charge is 2.08. The highest BCUT2D eigenvalue weighted by atomic mass is 127. The number of ether oxygens (including phenoxy) is 1. The Kier molecular flexibility index (Phi) is 4.87. The molecule has 15 heavy (non-hydrogen) atoms. The monoisotopic (exact) mass is 333 g/mol. The second kappa shape index (κ2) is 5.95. The van der Waals surface area contributed by atoms with E-state index in [1.165, 1.54) is 0 Å². The predicted octanol–water partition coefficient (Wildman–Crippen LogP) is 3.20. The largest absolute Gasteiger partial charge is 0.462 e. The third-order valence-electron chi connectivity index (χ3n) is 1.62. The molecule has 1 rings (SSSR count). The zero-order valence-electron chi connectivity index (χ0n) is 7.99. The molecule has 0 fully saturated rings. The van der Waals surface area contributed by atoms with Crippen LogP contribution in [0.2, 0.25) is 0 Å². The maximum Gasteiger partial charge on any atom is 0.338 e. The van der Waals surface area contributed by atoms with Gasteiger partial charge in [-0.05, 0) is 59.9 Å². The number of thiocarbonyl (C=S) groups is 1. The molecule has 1 aromatic rings. The molecule has 0 saturated carbocycles. The lowest BCUT2D eigenvalue weighted by atomic mass is 10.2. The van der Waals surface area contributed by atoms with E-state index in [1.807, 2.05) is 0 Å². The van der Waals surface area contributed by atoms with Gasteiger partial charge in [0, 0.05) is 3.57 Å². The molecule has 0 unspecified atom stereocenters. The second-order valence-electron chi connectivity index (χ2n) is 2.59. The minimum Gasteiger partial charge on any atom is -0.462 e. The van der Waals surface area contributed by atoms with E-state index in [2.05, 4.69) is 45.0 Å². The zero-order valence-corrected chi connectivity index (χ0v) is 11.0. The summed E-state index contributed by atoms with van der Waals surface area (Å²) in [6.07, 6.45) is 0. The molecule has 0 radical (unpaired) electrons. The standard InChI is InChI=1S/C10H8INO2S/c1-2-14-10(13)7-3-4-9(12-6-15)8(11)5-7/h3-5H,2H2,1H3. The number of halogens is 1. The Morgan fingerprint density at radius 3 is 2.93 bits per heavy atom. The van der Waals surface area contributed by atoms with Crippen molar-refractivity contribution in [2.24, 2.45) is 4.99 Å². The first kappa shape index (κ1) is 12.3. The predicted molar refractivity (Wildman–Crippen MR) is 69.8 cm³/mol. The Hall–Kier alpha value is -0.780. The fraction of sp³-hybridized carbons (Fsp3) is 0.200. The van der Waals surface area contributed by atoms with Crippen molar-refractivity contribution in [2.75, 3.05) is 6.61 Å². The van der Waals surface area contributed by atoms with Gasteiger partial charge in [-0.15, -0.1) is 0 Å². The smallest absolute Gasteiger partial charge is 0.338 e. The van der Waals surface area contributed by atoms with Crippen molar-refractivity contribution < 1.29 is 9.53 Å². The van der Waals surface area contributed by atoms with Crippen LogP contribution in [0.1, 0.15) is 17.3 Å². The Morgan fingerprint density at radius 2 is 2.40 bits per heavy atom. The molecule has 3 nitrogen and oxygen atoms in total. The van der Waals surface area contributed by atoms with Gasteiger partial charge in [-0.1, -0.05) is 0 Å². The lowest BCUT2D eigenvalue weighted by molar-refractivity contribution is 0.0526. The number of aliphatic imine (C=N–C) groups is 1. The first-order chi connectivity index (χ1) is 7.19. The van der Waals surface area contributed by atoms with Gasteiger partial charge in [0.05, 0.1) is 23.0 Å². The number of rotatable bonds is 3. The number of carbonyl (C=O) groups is 1. The molecule has 0 atom stereocenters. The van der Waals surface area contributed by atoms with Crippen LogP contribution in [0.5, 0.6) is 0 Å². The van der Waals surface area contributed by atoms with Crippen molar-refractivity contribution in [2.45, 2.75) is 6.92 Å². The summed E-state index contributed by atoms with van der Waals surface area (Å²) in [7, 11) is 0. The Balaban J connectivity index is 3.00. The number of nitrogens with zero attached hydrogens (tertiary/aromatic N) is 1. The lowest BCUT2D eigenvalue weighted by Gasteiger charge is -2.03. The van der Waals surface area contributed by atoms with Gasteiger partial charge in [0.1, 0.15) is 0 Å². The van der Waals surface area contributed by atoms with Gasteiger partial charge < -0.3 is 4.74 Å². The second-order valence-corrected chi connectivity index (χ2v) is 3.93. The van der Waals surface area contributed by atoms with Crippen molar-refractivity contribution >= 4 is 51.6 Å². The van der Waals surface area contributed by atoms with E-state index in [4.69, 9.17) is 4.74 Å². The van der Waals surface area contributed by atoms with Crippen molar-refractivity contribution in [1.29, 1.82) is 0 Å². The van der Waals surface area contributed by atoms with E-state index >= 15 is 0 Å². The molecule has 0 heterocycles. The summed E-state index contributed by atoms with van der Waals surface area (Å²) in [5.74, 6) is -0.326. The average molecular weight is 333 g/mol. The highest BCUT2D eigenvalue weighted by Crippen LogP contribution is 2.22. The molecular formula is C10H8INO2S. The van der Waals surface area contributed by atoms with Crippen LogP contribution in [0.3, 0.4) is 0 Å². The average Bonchev–Trinajstić information content (AvgIpc) is 2.21. The first-order valence-corrected chi connectivity index (χ1v) is 5.72. The van der Waals surface area contributed by atoms with Crippen molar-refractivity contribution in [3.63, 3.8) is 0 Å². The molecule has 0 saturated heterocycles. The van der Waals surface area contributed by atoms with Crippen LogP contribution in [0.25, 0.3) is 0 Å². The van der Waals surface area contributed by atoms with Gasteiger partial charge in [0.15, 0.2) is 0 Å². The lowest BCUT2D eigenvalue weighted by Crippen LogP contribution is -2.04. The van der Waals surface area contributed by atoms with Crippen LogP contribution >= 0.6 is 34.8 Å². The topological polar surface area (TPSA) is 38.7 Å². The van der Waals surface area contributed by atoms with Crippen LogP contribution in [-0.2, 0) is 4.74 Å². The van der Waals surface area contributed by atoms with E-state index in [9.17, 15) is 4.79 Å². The molecule has 1 aromatic carbocycles. The summed E-state index contributed by atoms with van der Waals surface area (Å²) in [5.41, 5.74) is 1.23. The molecule has 0 spiro atoms. The molecule has 0 bridgehead atoms. The van der Waals surface area contributed by atoms with Gasteiger partial charge in [0.2, 0.25) is 0 Å². The van der Waals surface area contributed by atoms with Crippen LogP contribution in [0.4, 0.5) is 5.69 Å². The first-order valence-electron chi connectivity index (χ1n) is 4.23. The maximum absolute atomic E-state index is 11.4. The van der Waals surface area contributed by atoms with E-state index in [0.717, 1.165) is 3.57 Å². The number of esters is 1. The molecule has 78 valence electrons. The van der Waals surface area contributed by atoms with Gasteiger partial charge >= 0.3 is 5.97 Å². The fourth-order valence-corrected chi connectivity index (χ4v) is 1.72. The Labute approximate surface area is 107 Å². The quantitative estimate of drug-likeness (QED) is 0.369. The van der Waals surface area contributed by atoms with Gasteiger partial charge in [-0.3, -0.25) is 0 Å². The molecule has 0 N–H and O–H groups in total. The third kappa shape index (κ3) is 3.37. The molecule has 0 aliphatic carbocycles. The number of benzene rings is 1. The van der Waals surface area contributed by atoms with Crippen LogP contribution in [0.15, 0.2) is 23.2 Å². The van der Waals surface area contributed by atoms with Crippen molar-refractivity contribution in [1.82, 2.24) is 0 Å². The van der Waals surface area contributed by atoms with E-state index in [0.29, 0.717) is 17.9 Å². The van der Waals surface area contributed by atoms with Gasteiger partial charge in [-0.25, -0.2) is 4.79 Å². The summed E-state index contributed by atoms with van der Waals surface area (Å²) in [5, 5.41) is 2.29. The number of hydrogen-bond donors (Lipinski definition) is 0. The summed E-state index contributed by atoms with van der Waals surface area (Å²) < 4.78 is 5.72. The normalized spacial score (nSPS) is 9.20. The summed E-state index contributed by atoms with van der Waals surface area (Å²) in [6, 6.07) is 5.09. The van der Waals surface area contributed by atoms with Crippen LogP contribution in [-0.4, -0.2) is 17.7 Å². The van der Waals surface area contributed by atoms with Gasteiger partial charge in [0.25, 0.3) is 0 Å². The van der Waals surface area contributed by atoms with Gasteiger partial charge in [-0.2, -0.15) is 4.99 Å². The van der Waals surface area contributed by atoms with Crippen LogP contribution in [0, 0.1) is 3.57 Å². The fourth-order valence-electron chi connectivity index (χ4n) is 0.988. The van der Waals surface area contributed by atoms with Crippen molar-refractivity contribution in [3.8, 4) is 0 Å². The van der Waals surface area contributed by atoms with Crippen molar-refractivity contribution in [3.05, 3.63) is 27.3 Å². The minimum atomic E-state index is -0.326. The number of hydrogen-bond acceptors (Lipinski definition) is 4. The third-order valence-corrected chi connectivity index (χ3v) is 2.58. The molecule has 0 aliphatic heterocycles. The number of isothiocyanates is 1. The molecule has 5 heteroatoms. The Bertz CT molecular complexity index is 427. The van der Waals surface area contributed by atoms with E-state index in [1.54, 1.807) is 25.1 Å². The molecule has 0 aromatic heterocycles. The molecular weight excluding hydrogens is 325 g/mol. The van der Waals surface area contributed by atoms with E-state index < -0.39 is 0 Å². The van der Waals surface area contributed by atoms with Crippen LogP contribution < -0.4 is 0 Å².